The Labute approximate surface area is 63.5 Å². The zero-order valence-corrected chi connectivity index (χ0v) is 7.39. The highest BCUT2D eigenvalue weighted by Gasteiger charge is 1.98. The Morgan fingerprint density at radius 2 is 2.00 bits per heavy atom. The molecule has 1 nitrogen and oxygen atoms in total. The van der Waals surface area contributed by atoms with E-state index in [2.05, 4.69) is 25.2 Å². The lowest BCUT2D eigenvalue weighted by Gasteiger charge is -2.02. The maximum atomic E-state index is 5.61. The van der Waals surface area contributed by atoms with Gasteiger partial charge in [0.1, 0.15) is 0 Å². The highest BCUT2D eigenvalue weighted by Crippen LogP contribution is 1.97. The molecule has 0 saturated heterocycles. The molecule has 53 valence electrons. The molecular weight excluding hydrogens is 138 g/mol. The average molecular weight is 150 g/mol. The van der Waals surface area contributed by atoms with Crippen LogP contribution in [0.4, 0.5) is 5.69 Å². The molecule has 10 heavy (non-hydrogen) atoms. The van der Waals surface area contributed by atoms with Gasteiger partial charge in [-0.3, -0.25) is 0 Å². The summed E-state index contributed by atoms with van der Waals surface area (Å²) in [6, 6.07) is 8.15. The zero-order chi connectivity index (χ0) is 7.56. The minimum absolute atomic E-state index is 0.314. The SMILES string of the molecule is C[Si](C)c1cccc(N)c1. The standard InChI is InChI=1S/C8H12NSi/c1-10(2)8-5-3-4-7(9)6-8/h3-6H,9H2,1-2H3. The van der Waals surface area contributed by atoms with Crippen molar-refractivity contribution in [3.8, 4) is 0 Å². The van der Waals surface area contributed by atoms with Crippen molar-refractivity contribution in [2.45, 2.75) is 13.1 Å². The molecule has 0 saturated carbocycles. The predicted octanol–water partition coefficient (Wildman–Crippen LogP) is 1.23. The molecule has 1 rings (SSSR count). The topological polar surface area (TPSA) is 26.0 Å². The summed E-state index contributed by atoms with van der Waals surface area (Å²) in [5.74, 6) is 0. The van der Waals surface area contributed by atoms with Crippen molar-refractivity contribution in [1.82, 2.24) is 0 Å². The minimum atomic E-state index is -0.314. The van der Waals surface area contributed by atoms with E-state index in [1.807, 2.05) is 12.1 Å². The molecule has 0 heterocycles. The summed E-state index contributed by atoms with van der Waals surface area (Å²) >= 11 is 0. The van der Waals surface area contributed by atoms with Crippen molar-refractivity contribution in [3.63, 3.8) is 0 Å². The van der Waals surface area contributed by atoms with Gasteiger partial charge in [-0.25, -0.2) is 0 Å². The number of benzene rings is 1. The van der Waals surface area contributed by atoms with Crippen LogP contribution in [0.3, 0.4) is 0 Å². The van der Waals surface area contributed by atoms with Gasteiger partial charge in [-0.05, 0) is 12.1 Å². The van der Waals surface area contributed by atoms with Crippen LogP contribution in [0.1, 0.15) is 0 Å². The molecule has 1 aromatic carbocycles. The lowest BCUT2D eigenvalue weighted by atomic mass is 10.3. The Morgan fingerprint density at radius 1 is 1.30 bits per heavy atom. The van der Waals surface area contributed by atoms with Crippen LogP contribution < -0.4 is 10.9 Å². The molecule has 2 heteroatoms. The third kappa shape index (κ3) is 1.61. The molecule has 0 atom stereocenters. The third-order valence-electron chi connectivity index (χ3n) is 1.46. The van der Waals surface area contributed by atoms with E-state index >= 15 is 0 Å². The molecule has 0 aliphatic rings. The van der Waals surface area contributed by atoms with Crippen molar-refractivity contribution in [2.24, 2.45) is 0 Å². The molecule has 2 N–H and O–H groups in total. The Balaban J connectivity index is 2.96. The van der Waals surface area contributed by atoms with Gasteiger partial charge in [0.2, 0.25) is 0 Å². The molecule has 1 aromatic rings. The maximum Gasteiger partial charge on any atom is 0.0792 e. The lowest BCUT2D eigenvalue weighted by molar-refractivity contribution is 1.71. The van der Waals surface area contributed by atoms with Crippen LogP contribution in [0.5, 0.6) is 0 Å². The monoisotopic (exact) mass is 150 g/mol. The first-order valence-electron chi connectivity index (χ1n) is 3.36. The second-order valence-corrected chi connectivity index (χ2v) is 5.20. The van der Waals surface area contributed by atoms with E-state index in [-0.39, 0.29) is 8.80 Å². The molecule has 0 aromatic heterocycles. The van der Waals surface area contributed by atoms with Gasteiger partial charge in [0.15, 0.2) is 0 Å². The van der Waals surface area contributed by atoms with Crippen LogP contribution >= 0.6 is 0 Å². The van der Waals surface area contributed by atoms with Gasteiger partial charge in [0.05, 0.1) is 8.80 Å². The second-order valence-electron chi connectivity index (χ2n) is 2.63. The van der Waals surface area contributed by atoms with Crippen LogP contribution in [0.25, 0.3) is 0 Å². The zero-order valence-electron chi connectivity index (χ0n) is 6.39. The summed E-state index contributed by atoms with van der Waals surface area (Å²) in [5.41, 5.74) is 6.49. The quantitative estimate of drug-likeness (QED) is 0.473. The Morgan fingerprint density at radius 3 is 2.40 bits per heavy atom. The molecule has 0 fully saturated rings. The van der Waals surface area contributed by atoms with E-state index in [1.165, 1.54) is 5.19 Å². The smallest absolute Gasteiger partial charge is 0.0792 e. The van der Waals surface area contributed by atoms with Crippen LogP contribution in [-0.4, -0.2) is 8.80 Å². The molecule has 0 spiro atoms. The summed E-state index contributed by atoms with van der Waals surface area (Å²) in [5, 5.41) is 1.41. The summed E-state index contributed by atoms with van der Waals surface area (Å²) in [6.07, 6.45) is 0. The fraction of sp³-hybridized carbons (Fsp3) is 0.250. The van der Waals surface area contributed by atoms with Crippen molar-refractivity contribution >= 4 is 19.7 Å². The van der Waals surface area contributed by atoms with E-state index in [4.69, 9.17) is 5.73 Å². The van der Waals surface area contributed by atoms with Crippen molar-refractivity contribution < 1.29 is 0 Å². The molecule has 1 radical (unpaired) electrons. The Bertz CT molecular complexity index is 220. The first-order valence-corrected chi connectivity index (χ1v) is 5.86. The maximum absolute atomic E-state index is 5.61. The molecule has 0 aliphatic carbocycles. The van der Waals surface area contributed by atoms with Crippen LogP contribution in [0.15, 0.2) is 24.3 Å². The summed E-state index contributed by atoms with van der Waals surface area (Å²) in [6.45, 7) is 4.53. The van der Waals surface area contributed by atoms with Crippen molar-refractivity contribution in [2.75, 3.05) is 5.73 Å². The first-order chi connectivity index (χ1) is 4.70. The number of anilines is 1. The fourth-order valence-electron chi connectivity index (χ4n) is 0.850. The minimum Gasteiger partial charge on any atom is -0.399 e. The molecular formula is C8H12NSi. The molecule has 0 aliphatic heterocycles. The fourth-order valence-corrected chi connectivity index (χ4v) is 1.73. The molecule has 0 bridgehead atoms. The molecule has 0 amide bonds. The lowest BCUT2D eigenvalue weighted by Crippen LogP contribution is -2.22. The van der Waals surface area contributed by atoms with Gasteiger partial charge in [0, 0.05) is 5.69 Å². The Hall–Kier alpha value is -0.763. The first kappa shape index (κ1) is 7.35. The van der Waals surface area contributed by atoms with Crippen molar-refractivity contribution in [3.05, 3.63) is 24.3 Å². The summed E-state index contributed by atoms with van der Waals surface area (Å²) in [4.78, 5) is 0. The van der Waals surface area contributed by atoms with Gasteiger partial charge in [-0.1, -0.05) is 30.4 Å². The van der Waals surface area contributed by atoms with Crippen LogP contribution in [0.2, 0.25) is 13.1 Å². The largest absolute Gasteiger partial charge is 0.399 e. The van der Waals surface area contributed by atoms with E-state index in [9.17, 15) is 0 Å². The Kier molecular flexibility index (Phi) is 2.12. The van der Waals surface area contributed by atoms with Gasteiger partial charge >= 0.3 is 0 Å². The second kappa shape index (κ2) is 2.88. The highest BCUT2D eigenvalue weighted by atomic mass is 28.3. The van der Waals surface area contributed by atoms with Crippen LogP contribution in [-0.2, 0) is 0 Å². The number of nitrogen functional groups attached to an aromatic ring is 1. The van der Waals surface area contributed by atoms with E-state index in [0.29, 0.717) is 0 Å². The van der Waals surface area contributed by atoms with E-state index in [0.717, 1.165) is 5.69 Å². The average Bonchev–Trinajstić information content (AvgIpc) is 1.88. The number of hydrogen-bond acceptors (Lipinski definition) is 1. The van der Waals surface area contributed by atoms with Crippen molar-refractivity contribution in [1.29, 1.82) is 0 Å². The molecule has 0 unspecified atom stereocenters. The van der Waals surface area contributed by atoms with Gasteiger partial charge in [-0.2, -0.15) is 0 Å². The van der Waals surface area contributed by atoms with E-state index < -0.39 is 0 Å². The normalized spacial score (nSPS) is 10.3. The number of hydrogen-bond donors (Lipinski definition) is 1. The predicted molar refractivity (Wildman–Crippen MR) is 48.0 cm³/mol. The number of nitrogens with two attached hydrogens (primary N) is 1. The third-order valence-corrected chi connectivity index (χ3v) is 2.93. The summed E-state index contributed by atoms with van der Waals surface area (Å²) in [7, 11) is -0.314. The van der Waals surface area contributed by atoms with Gasteiger partial charge < -0.3 is 5.73 Å². The number of rotatable bonds is 1. The van der Waals surface area contributed by atoms with Gasteiger partial charge in [-0.15, -0.1) is 0 Å². The van der Waals surface area contributed by atoms with Crippen LogP contribution in [0, 0.1) is 0 Å². The van der Waals surface area contributed by atoms with Gasteiger partial charge in [0.25, 0.3) is 0 Å². The van der Waals surface area contributed by atoms with E-state index in [1.54, 1.807) is 0 Å². The highest BCUT2D eigenvalue weighted by molar-refractivity contribution is 6.70. The summed E-state index contributed by atoms with van der Waals surface area (Å²) < 4.78 is 0.